The molecular formula is C15H19BrFN7O4S2. The summed E-state index contributed by atoms with van der Waals surface area (Å²) in [5, 5.41) is 25.0. The minimum Gasteiger partial charge on any atom is -0.409 e. The van der Waals surface area contributed by atoms with Crippen molar-refractivity contribution in [2.45, 2.75) is 18.1 Å². The van der Waals surface area contributed by atoms with Crippen LogP contribution in [0.5, 0.6) is 0 Å². The fourth-order valence-corrected chi connectivity index (χ4v) is 6.59. The van der Waals surface area contributed by atoms with Crippen LogP contribution < -0.4 is 10.6 Å². The third-order valence-electron chi connectivity index (χ3n) is 4.00. The van der Waals surface area contributed by atoms with Crippen LogP contribution in [0.3, 0.4) is 0 Å². The van der Waals surface area contributed by atoms with Crippen LogP contribution in [0.2, 0.25) is 0 Å². The predicted molar refractivity (Wildman–Crippen MR) is 114 cm³/mol. The summed E-state index contributed by atoms with van der Waals surface area (Å²) in [5.74, 6) is -0.297. The van der Waals surface area contributed by atoms with Crippen LogP contribution in [0.1, 0.15) is 18.5 Å². The monoisotopic (exact) mass is 523 g/mol. The maximum Gasteiger partial charge on any atom is 0.262 e. The van der Waals surface area contributed by atoms with Crippen molar-refractivity contribution in [3.8, 4) is 0 Å². The van der Waals surface area contributed by atoms with E-state index in [1.165, 1.54) is 24.5 Å². The van der Waals surface area contributed by atoms with Gasteiger partial charge < -0.3 is 15.8 Å². The summed E-state index contributed by atoms with van der Waals surface area (Å²) in [4.78, 5) is 0. The number of anilines is 2. The lowest BCUT2D eigenvalue weighted by Crippen LogP contribution is -2.19. The molecule has 0 bridgehead atoms. The van der Waals surface area contributed by atoms with Crippen LogP contribution in [-0.2, 0) is 19.6 Å². The molecule has 0 saturated heterocycles. The number of oxime groups is 1. The summed E-state index contributed by atoms with van der Waals surface area (Å²) in [7, 11) is -6.07. The summed E-state index contributed by atoms with van der Waals surface area (Å²) >= 11 is 3.06. The Bertz CT molecular complexity index is 1190. The maximum atomic E-state index is 13.4. The second kappa shape index (κ2) is 8.85. The van der Waals surface area contributed by atoms with Crippen LogP contribution in [0, 0.1) is 10.6 Å². The van der Waals surface area contributed by atoms with Gasteiger partial charge in [-0.3, -0.25) is 4.78 Å². The molecule has 1 aliphatic rings. The SMILES string of the molecule is CS(=N)(CCNc1nonc1/C(=N/O)Nc1ccc(F)c(Br)c1)=NS(=O)(=O)C1CC1. The van der Waals surface area contributed by atoms with E-state index < -0.39 is 30.7 Å². The van der Waals surface area contributed by atoms with Gasteiger partial charge in [0.15, 0.2) is 5.69 Å². The highest BCUT2D eigenvalue weighted by molar-refractivity contribution is 9.10. The Labute approximate surface area is 180 Å². The largest absolute Gasteiger partial charge is 0.409 e. The minimum absolute atomic E-state index is 0.0437. The third-order valence-corrected chi connectivity index (χ3v) is 9.07. The van der Waals surface area contributed by atoms with E-state index in [1.807, 2.05) is 0 Å². The van der Waals surface area contributed by atoms with Gasteiger partial charge in [-0.2, -0.15) is 0 Å². The maximum absolute atomic E-state index is 13.4. The van der Waals surface area contributed by atoms with Gasteiger partial charge in [0, 0.05) is 24.2 Å². The molecule has 1 saturated carbocycles. The second-order valence-corrected chi connectivity index (χ2v) is 12.3. The molecular weight excluding hydrogens is 505 g/mol. The number of benzene rings is 1. The molecule has 0 spiro atoms. The van der Waals surface area contributed by atoms with Gasteiger partial charge >= 0.3 is 0 Å². The Morgan fingerprint density at radius 3 is 2.80 bits per heavy atom. The summed E-state index contributed by atoms with van der Waals surface area (Å²) in [6, 6.07) is 4.10. The molecule has 11 nitrogen and oxygen atoms in total. The Morgan fingerprint density at radius 2 is 2.17 bits per heavy atom. The first-order valence-corrected chi connectivity index (χ1v) is 13.1. The standard InChI is InChI=1S/C15H19BrFN7O4S2/c1-29(18,24-30(26,27)10-3-4-10)7-6-19-14-13(22-28-23-14)15(21-25)20-9-2-5-12(17)11(16)8-9/h2,5,8,10,18,25H,3-4,6-7H2,1H3,(H,19,23)(H,20,21). The van der Waals surface area contributed by atoms with Crippen molar-refractivity contribution in [2.24, 2.45) is 8.92 Å². The van der Waals surface area contributed by atoms with Gasteiger partial charge in [-0.25, -0.2) is 17.4 Å². The van der Waals surface area contributed by atoms with Gasteiger partial charge in [0.2, 0.25) is 11.7 Å². The zero-order chi connectivity index (χ0) is 21.9. The molecule has 3 rings (SSSR count). The van der Waals surface area contributed by atoms with Gasteiger partial charge in [-0.05, 0) is 66.9 Å². The normalized spacial score (nSPS) is 16.7. The van der Waals surface area contributed by atoms with Crippen LogP contribution in [0.15, 0.2) is 36.2 Å². The van der Waals surface area contributed by atoms with Crippen LogP contribution in [-0.4, -0.2) is 53.6 Å². The molecule has 1 aromatic heterocycles. The summed E-state index contributed by atoms with van der Waals surface area (Å²) in [6.45, 7) is 0.168. The average Bonchev–Trinajstić information content (AvgIpc) is 3.43. The van der Waals surface area contributed by atoms with Gasteiger partial charge in [-0.15, -0.1) is 3.77 Å². The van der Waals surface area contributed by atoms with Crippen molar-refractivity contribution in [3.63, 3.8) is 0 Å². The lowest BCUT2D eigenvalue weighted by molar-refractivity contribution is 0.305. The first-order chi connectivity index (χ1) is 14.1. The van der Waals surface area contributed by atoms with Gasteiger partial charge in [0.1, 0.15) is 5.82 Å². The van der Waals surface area contributed by atoms with E-state index in [-0.39, 0.29) is 34.1 Å². The Hall–Kier alpha value is -2.26. The van der Waals surface area contributed by atoms with Crippen molar-refractivity contribution < 1.29 is 22.6 Å². The molecule has 1 unspecified atom stereocenters. The molecule has 0 aliphatic heterocycles. The van der Waals surface area contributed by atoms with E-state index in [0.29, 0.717) is 18.5 Å². The summed E-state index contributed by atoms with van der Waals surface area (Å²) in [6.07, 6.45) is 2.67. The van der Waals surface area contributed by atoms with Crippen molar-refractivity contribution in [1.82, 2.24) is 10.3 Å². The van der Waals surface area contributed by atoms with E-state index in [9.17, 15) is 18.0 Å². The number of nitrogens with zero attached hydrogens (tertiary/aromatic N) is 4. The Kier molecular flexibility index (Phi) is 6.62. The van der Waals surface area contributed by atoms with Crippen molar-refractivity contribution in [1.29, 1.82) is 4.78 Å². The smallest absolute Gasteiger partial charge is 0.262 e. The van der Waals surface area contributed by atoms with Crippen molar-refractivity contribution >= 4 is 52.9 Å². The van der Waals surface area contributed by atoms with E-state index in [1.54, 1.807) is 0 Å². The zero-order valence-corrected chi connectivity index (χ0v) is 18.9. The molecule has 15 heteroatoms. The Balaban J connectivity index is 1.67. The number of hydrogen-bond donors (Lipinski definition) is 4. The minimum atomic E-state index is -3.59. The first kappa shape index (κ1) is 22.4. The number of halogens is 2. The number of amidine groups is 1. The lowest BCUT2D eigenvalue weighted by Gasteiger charge is -2.10. The molecule has 1 fully saturated rings. The highest BCUT2D eigenvalue weighted by Gasteiger charge is 2.36. The predicted octanol–water partition coefficient (Wildman–Crippen LogP) is 2.85. The molecule has 1 atom stereocenters. The number of aromatic nitrogens is 2. The summed E-state index contributed by atoms with van der Waals surface area (Å²) in [5.41, 5.74) is 0.458. The van der Waals surface area contributed by atoms with Crippen LogP contribution >= 0.6 is 15.9 Å². The van der Waals surface area contributed by atoms with E-state index in [4.69, 9.17) is 4.78 Å². The van der Waals surface area contributed by atoms with Crippen LogP contribution in [0.25, 0.3) is 0 Å². The van der Waals surface area contributed by atoms with Gasteiger partial charge in [-0.1, -0.05) is 5.16 Å². The number of nitrogens with one attached hydrogen (secondary N) is 3. The molecule has 1 aromatic carbocycles. The van der Waals surface area contributed by atoms with E-state index in [0.717, 1.165) is 0 Å². The fraction of sp³-hybridized carbons (Fsp3) is 0.400. The van der Waals surface area contributed by atoms with E-state index >= 15 is 0 Å². The molecule has 0 amide bonds. The number of rotatable bonds is 8. The molecule has 1 aliphatic carbocycles. The van der Waals surface area contributed by atoms with Gasteiger partial charge in [0.25, 0.3) is 10.0 Å². The van der Waals surface area contributed by atoms with Gasteiger partial charge in [0.05, 0.1) is 9.72 Å². The van der Waals surface area contributed by atoms with Crippen molar-refractivity contribution in [3.05, 3.63) is 34.2 Å². The third kappa shape index (κ3) is 5.66. The molecule has 4 N–H and O–H groups in total. The zero-order valence-electron chi connectivity index (χ0n) is 15.7. The molecule has 2 aromatic rings. The first-order valence-electron chi connectivity index (χ1n) is 8.61. The quantitative estimate of drug-likeness (QED) is 0.177. The highest BCUT2D eigenvalue weighted by atomic mass is 79.9. The van der Waals surface area contributed by atoms with Crippen molar-refractivity contribution in [2.75, 3.05) is 29.2 Å². The van der Waals surface area contributed by atoms with Crippen LogP contribution in [0.4, 0.5) is 15.9 Å². The molecule has 0 radical (unpaired) electrons. The highest BCUT2D eigenvalue weighted by Crippen LogP contribution is 2.30. The second-order valence-electron chi connectivity index (χ2n) is 6.62. The molecule has 30 heavy (non-hydrogen) atoms. The summed E-state index contributed by atoms with van der Waals surface area (Å²) < 4.78 is 54.3. The Morgan fingerprint density at radius 1 is 1.43 bits per heavy atom. The van der Waals surface area contributed by atoms with E-state index in [2.05, 4.69) is 50.4 Å². The fourth-order valence-electron chi connectivity index (χ4n) is 2.36. The average molecular weight is 524 g/mol. The molecule has 1 heterocycles. The number of hydrogen-bond acceptors (Lipinski definition) is 9. The lowest BCUT2D eigenvalue weighted by atomic mass is 10.3. The molecule has 164 valence electrons. The number of sulfonamides is 1. The topological polar surface area (TPSA) is 166 Å².